The summed E-state index contributed by atoms with van der Waals surface area (Å²) in [7, 11) is 1.89. The molecule has 3 heterocycles. The maximum absolute atomic E-state index is 13.4. The molecule has 2 atom stereocenters. The van der Waals surface area contributed by atoms with Crippen LogP contribution in [0.3, 0.4) is 0 Å². The molecule has 0 amide bonds. The van der Waals surface area contributed by atoms with Crippen LogP contribution >= 0.6 is 0 Å². The summed E-state index contributed by atoms with van der Waals surface area (Å²) in [5, 5.41) is 9.26. The number of aliphatic hydroxyl groups excluding tert-OH is 1. The lowest BCUT2D eigenvalue weighted by Crippen LogP contribution is -2.18. The van der Waals surface area contributed by atoms with Crippen molar-refractivity contribution < 1.29 is 14.2 Å². The Kier molecular flexibility index (Phi) is 4.52. The Labute approximate surface area is 150 Å². The van der Waals surface area contributed by atoms with Gasteiger partial charge in [-0.3, -0.25) is 4.57 Å². The molecular weight excluding hydrogens is 337 g/mol. The van der Waals surface area contributed by atoms with Crippen molar-refractivity contribution in [2.24, 2.45) is 0 Å². The molecule has 7 nitrogen and oxygen atoms in total. The molecule has 0 radical (unpaired) electrons. The molecule has 8 heteroatoms. The smallest absolute Gasteiger partial charge is 0.167 e. The van der Waals surface area contributed by atoms with Gasteiger partial charge < -0.3 is 14.7 Å². The second kappa shape index (κ2) is 6.97. The summed E-state index contributed by atoms with van der Waals surface area (Å²) in [5.41, 5.74) is 2.20. The van der Waals surface area contributed by atoms with Crippen LogP contribution in [-0.2, 0) is 11.3 Å². The van der Waals surface area contributed by atoms with E-state index in [2.05, 4.69) is 15.0 Å². The molecule has 3 aromatic rings. The summed E-state index contributed by atoms with van der Waals surface area (Å²) >= 11 is 0. The number of imidazole rings is 1. The van der Waals surface area contributed by atoms with Crippen LogP contribution in [0.2, 0.25) is 0 Å². The first kappa shape index (κ1) is 16.9. The van der Waals surface area contributed by atoms with Gasteiger partial charge in [-0.25, -0.2) is 19.3 Å². The van der Waals surface area contributed by atoms with E-state index in [9.17, 15) is 9.50 Å². The maximum Gasteiger partial charge on any atom is 0.167 e. The Bertz CT molecular complexity index is 915. The number of halogens is 1. The number of rotatable bonds is 5. The molecule has 4 rings (SSSR count). The van der Waals surface area contributed by atoms with E-state index in [4.69, 9.17) is 4.74 Å². The highest BCUT2D eigenvalue weighted by Crippen LogP contribution is 2.31. The number of aliphatic hydroxyl groups is 1. The third-order valence-electron chi connectivity index (χ3n) is 4.61. The van der Waals surface area contributed by atoms with E-state index in [1.54, 1.807) is 12.4 Å². The fraction of sp³-hybridized carbons (Fsp3) is 0.389. The number of aromatic nitrogens is 4. The van der Waals surface area contributed by atoms with E-state index in [0.29, 0.717) is 23.5 Å². The molecule has 1 aromatic carbocycles. The third kappa shape index (κ3) is 3.13. The number of anilines is 1. The van der Waals surface area contributed by atoms with Crippen LogP contribution in [0.5, 0.6) is 0 Å². The molecular formula is C18H20FN5O2. The van der Waals surface area contributed by atoms with Gasteiger partial charge in [-0.1, -0.05) is 12.1 Å². The molecule has 136 valence electrons. The zero-order chi connectivity index (χ0) is 18.1. The van der Waals surface area contributed by atoms with Gasteiger partial charge in [0.25, 0.3) is 0 Å². The topological polar surface area (TPSA) is 76.3 Å². The highest BCUT2D eigenvalue weighted by atomic mass is 19.1. The van der Waals surface area contributed by atoms with E-state index in [0.717, 1.165) is 18.4 Å². The van der Waals surface area contributed by atoms with E-state index < -0.39 is 0 Å². The van der Waals surface area contributed by atoms with Crippen LogP contribution in [0.1, 0.15) is 24.6 Å². The first-order valence-corrected chi connectivity index (χ1v) is 8.55. The quantitative estimate of drug-likeness (QED) is 0.755. The first-order chi connectivity index (χ1) is 12.7. The van der Waals surface area contributed by atoms with Crippen molar-refractivity contribution >= 4 is 17.0 Å². The van der Waals surface area contributed by atoms with Crippen molar-refractivity contribution in [2.45, 2.75) is 31.7 Å². The van der Waals surface area contributed by atoms with Gasteiger partial charge in [0.2, 0.25) is 0 Å². The number of benzene rings is 1. The molecule has 1 N–H and O–H groups in total. The van der Waals surface area contributed by atoms with E-state index in [1.165, 1.54) is 18.5 Å². The summed E-state index contributed by atoms with van der Waals surface area (Å²) in [6.07, 6.45) is 4.47. The molecule has 0 aliphatic carbocycles. The highest BCUT2D eigenvalue weighted by molar-refractivity contribution is 5.83. The molecule has 1 aliphatic rings. The number of hydrogen-bond acceptors (Lipinski definition) is 6. The first-order valence-electron chi connectivity index (χ1n) is 8.55. The van der Waals surface area contributed by atoms with Crippen LogP contribution in [-0.4, -0.2) is 44.4 Å². The van der Waals surface area contributed by atoms with Gasteiger partial charge in [-0.15, -0.1) is 0 Å². The van der Waals surface area contributed by atoms with Gasteiger partial charge in [0.15, 0.2) is 17.0 Å². The Balaban J connectivity index is 1.62. The molecule has 0 bridgehead atoms. The second-order valence-corrected chi connectivity index (χ2v) is 6.48. The predicted molar refractivity (Wildman–Crippen MR) is 94.1 cm³/mol. The maximum atomic E-state index is 13.4. The van der Waals surface area contributed by atoms with E-state index in [1.807, 2.05) is 22.6 Å². The lowest BCUT2D eigenvalue weighted by atomic mass is 10.2. The summed E-state index contributed by atoms with van der Waals surface area (Å²) < 4.78 is 21.1. The number of ether oxygens (including phenoxy) is 1. The van der Waals surface area contributed by atoms with Crippen LogP contribution in [0.4, 0.5) is 10.2 Å². The molecule has 1 saturated heterocycles. The van der Waals surface area contributed by atoms with Crippen molar-refractivity contribution in [3.05, 3.63) is 48.3 Å². The largest absolute Gasteiger partial charge is 0.394 e. The summed E-state index contributed by atoms with van der Waals surface area (Å²) in [4.78, 5) is 15.1. The van der Waals surface area contributed by atoms with Crippen LogP contribution in [0, 0.1) is 5.82 Å². The lowest BCUT2D eigenvalue weighted by Gasteiger charge is -2.19. The van der Waals surface area contributed by atoms with Gasteiger partial charge in [-0.2, -0.15) is 0 Å². The Hall–Kier alpha value is -2.58. The zero-order valence-electron chi connectivity index (χ0n) is 14.4. The minimum atomic E-state index is -0.259. The molecule has 1 aliphatic heterocycles. The molecule has 0 spiro atoms. The minimum absolute atomic E-state index is 0.0136. The predicted octanol–water partition coefficient (Wildman–Crippen LogP) is 2.27. The normalized spacial score (nSPS) is 20.0. The number of fused-ring (bicyclic) bond motifs is 1. The summed E-state index contributed by atoms with van der Waals surface area (Å²) in [6, 6.07) is 6.50. The van der Waals surface area contributed by atoms with Crippen LogP contribution in [0.15, 0.2) is 36.9 Å². The Morgan fingerprint density at radius 1 is 1.31 bits per heavy atom. The fourth-order valence-electron chi connectivity index (χ4n) is 3.34. The molecule has 1 unspecified atom stereocenters. The van der Waals surface area contributed by atoms with Crippen molar-refractivity contribution in [3.63, 3.8) is 0 Å². The second-order valence-electron chi connectivity index (χ2n) is 6.48. The SMILES string of the molecule is CN(Cc1cccc(F)c1)c1ncnc2c1ncn2C1CC[C@@H](CO)O1. The number of hydrogen-bond donors (Lipinski definition) is 1. The lowest BCUT2D eigenvalue weighted by molar-refractivity contribution is -0.0207. The van der Waals surface area contributed by atoms with Gasteiger partial charge >= 0.3 is 0 Å². The average Bonchev–Trinajstić information content (AvgIpc) is 3.27. The molecule has 0 saturated carbocycles. The van der Waals surface area contributed by atoms with Crippen LogP contribution < -0.4 is 4.90 Å². The average molecular weight is 357 g/mol. The van der Waals surface area contributed by atoms with Crippen molar-refractivity contribution in [2.75, 3.05) is 18.6 Å². The molecule has 26 heavy (non-hydrogen) atoms. The van der Waals surface area contributed by atoms with Gasteiger partial charge in [0.1, 0.15) is 18.4 Å². The Morgan fingerprint density at radius 2 is 2.19 bits per heavy atom. The molecule has 1 fully saturated rings. The zero-order valence-corrected chi connectivity index (χ0v) is 14.4. The number of nitrogens with zero attached hydrogens (tertiary/aromatic N) is 5. The standard InChI is InChI=1S/C18H20FN5O2/c1-23(8-12-3-2-4-13(19)7-12)17-16-18(21-10-20-17)24(11-22-16)15-6-5-14(9-25)26-15/h2-4,7,10-11,14-15,25H,5-6,8-9H2,1H3/t14-,15?/m0/s1. The van der Waals surface area contributed by atoms with Gasteiger partial charge in [0.05, 0.1) is 19.0 Å². The monoisotopic (exact) mass is 357 g/mol. The Morgan fingerprint density at radius 3 is 2.96 bits per heavy atom. The molecule has 2 aromatic heterocycles. The minimum Gasteiger partial charge on any atom is -0.394 e. The third-order valence-corrected chi connectivity index (χ3v) is 4.61. The van der Waals surface area contributed by atoms with E-state index >= 15 is 0 Å². The van der Waals surface area contributed by atoms with Gasteiger partial charge in [0, 0.05) is 13.6 Å². The van der Waals surface area contributed by atoms with Crippen molar-refractivity contribution in [1.29, 1.82) is 0 Å². The fourth-order valence-corrected chi connectivity index (χ4v) is 3.34. The van der Waals surface area contributed by atoms with Crippen molar-refractivity contribution in [1.82, 2.24) is 19.5 Å². The van der Waals surface area contributed by atoms with Crippen LogP contribution in [0.25, 0.3) is 11.2 Å². The summed E-state index contributed by atoms with van der Waals surface area (Å²) in [5.74, 6) is 0.416. The van der Waals surface area contributed by atoms with Crippen molar-refractivity contribution in [3.8, 4) is 0 Å². The highest BCUT2D eigenvalue weighted by Gasteiger charge is 2.28. The van der Waals surface area contributed by atoms with Gasteiger partial charge in [-0.05, 0) is 30.5 Å². The van der Waals surface area contributed by atoms with E-state index in [-0.39, 0.29) is 24.8 Å². The summed E-state index contributed by atoms with van der Waals surface area (Å²) in [6.45, 7) is 0.517.